The van der Waals surface area contributed by atoms with Crippen LogP contribution in [0.5, 0.6) is 0 Å². The highest BCUT2D eigenvalue weighted by atomic mass is 16.4. The van der Waals surface area contributed by atoms with Gasteiger partial charge in [0.25, 0.3) is 0 Å². The Balaban J connectivity index is 1.64. The summed E-state index contributed by atoms with van der Waals surface area (Å²) in [7, 11) is 0. The molecule has 23 heavy (non-hydrogen) atoms. The van der Waals surface area contributed by atoms with E-state index in [9.17, 15) is 14.7 Å². The van der Waals surface area contributed by atoms with Gasteiger partial charge in [0.1, 0.15) is 6.04 Å². The molecule has 2 amide bonds. The van der Waals surface area contributed by atoms with E-state index in [-0.39, 0.29) is 5.91 Å². The van der Waals surface area contributed by atoms with Gasteiger partial charge in [-0.05, 0) is 23.1 Å². The topological polar surface area (TPSA) is 69.6 Å². The molecule has 2 N–H and O–H groups in total. The lowest BCUT2D eigenvalue weighted by atomic mass is 10.0. The summed E-state index contributed by atoms with van der Waals surface area (Å²) >= 11 is 0. The van der Waals surface area contributed by atoms with E-state index in [4.69, 9.17) is 0 Å². The number of carbonyl (C=O) groups is 2. The van der Waals surface area contributed by atoms with E-state index in [2.05, 4.69) is 17.4 Å². The maximum Gasteiger partial charge on any atom is 0.408 e. The zero-order chi connectivity index (χ0) is 16.2. The Morgan fingerprint density at radius 3 is 2.26 bits per heavy atom. The maximum atomic E-state index is 11.4. The normalized spacial score (nSPS) is 16.3. The van der Waals surface area contributed by atoms with Gasteiger partial charge in [-0.3, -0.25) is 9.69 Å². The molecule has 0 aromatic heterocycles. The number of amides is 2. The summed E-state index contributed by atoms with van der Waals surface area (Å²) in [5.41, 5.74) is 3.33. The van der Waals surface area contributed by atoms with Crippen LogP contribution in [0.2, 0.25) is 0 Å². The lowest BCUT2D eigenvalue weighted by molar-refractivity contribution is -0.132. The van der Waals surface area contributed by atoms with Crippen molar-refractivity contribution in [2.45, 2.75) is 12.5 Å². The van der Waals surface area contributed by atoms with E-state index >= 15 is 0 Å². The first-order valence-electron chi connectivity index (χ1n) is 7.57. The molecule has 0 radical (unpaired) electrons. The summed E-state index contributed by atoms with van der Waals surface area (Å²) < 4.78 is 0. The maximum absolute atomic E-state index is 11.4. The largest absolute Gasteiger partial charge is 0.465 e. The molecule has 1 saturated heterocycles. The number of rotatable bonds is 5. The summed E-state index contributed by atoms with van der Waals surface area (Å²) in [5.74, 6) is -0.216. The van der Waals surface area contributed by atoms with Crippen LogP contribution < -0.4 is 5.32 Å². The van der Waals surface area contributed by atoms with Crippen LogP contribution in [0, 0.1) is 0 Å². The first-order valence-corrected chi connectivity index (χ1v) is 7.57. The fourth-order valence-corrected chi connectivity index (χ4v) is 2.66. The molecule has 2 aromatic rings. The van der Waals surface area contributed by atoms with Crippen molar-refractivity contribution >= 4 is 12.0 Å². The Bertz CT molecular complexity index is 698. The van der Waals surface area contributed by atoms with Crippen molar-refractivity contribution in [3.8, 4) is 11.1 Å². The van der Waals surface area contributed by atoms with Gasteiger partial charge in [0, 0.05) is 13.1 Å². The van der Waals surface area contributed by atoms with Crippen LogP contribution in [0.25, 0.3) is 11.1 Å². The van der Waals surface area contributed by atoms with Gasteiger partial charge in [0.15, 0.2) is 0 Å². The van der Waals surface area contributed by atoms with Crippen molar-refractivity contribution < 1.29 is 14.7 Å². The first-order chi connectivity index (χ1) is 11.1. The van der Waals surface area contributed by atoms with Crippen molar-refractivity contribution in [2.75, 3.05) is 13.1 Å². The molecule has 1 aliphatic heterocycles. The number of carboxylic acid groups (broad SMARTS) is 1. The van der Waals surface area contributed by atoms with Gasteiger partial charge >= 0.3 is 6.09 Å². The van der Waals surface area contributed by atoms with Crippen molar-refractivity contribution in [2.24, 2.45) is 0 Å². The minimum absolute atomic E-state index is 0.216. The lowest BCUT2D eigenvalue weighted by Crippen LogP contribution is -2.63. The number of nitrogens with zero attached hydrogens (tertiary/aromatic N) is 1. The third-order valence-electron chi connectivity index (χ3n) is 4.10. The van der Waals surface area contributed by atoms with Gasteiger partial charge in [-0.2, -0.15) is 0 Å². The minimum atomic E-state index is -1.05. The third-order valence-corrected chi connectivity index (χ3v) is 4.10. The van der Waals surface area contributed by atoms with Gasteiger partial charge in [-0.1, -0.05) is 54.6 Å². The van der Waals surface area contributed by atoms with E-state index in [1.807, 2.05) is 42.5 Å². The molecule has 1 aliphatic rings. The number of carbonyl (C=O) groups excluding carboxylic acids is 1. The highest BCUT2D eigenvalue weighted by Crippen LogP contribution is 2.19. The summed E-state index contributed by atoms with van der Waals surface area (Å²) in [4.78, 5) is 23.9. The Morgan fingerprint density at radius 1 is 1.09 bits per heavy atom. The number of hydrogen-bond donors (Lipinski definition) is 2. The molecule has 3 rings (SSSR count). The lowest BCUT2D eigenvalue weighted by Gasteiger charge is -2.34. The first kappa shape index (κ1) is 15.1. The zero-order valence-electron chi connectivity index (χ0n) is 12.6. The number of β-lactam (4-membered cyclic amide) rings is 1. The predicted octanol–water partition coefficient (Wildman–Crippen LogP) is 2.37. The second kappa shape index (κ2) is 6.52. The van der Waals surface area contributed by atoms with Crippen LogP contribution >= 0.6 is 0 Å². The highest BCUT2D eigenvalue weighted by Gasteiger charge is 2.36. The smallest absolute Gasteiger partial charge is 0.408 e. The SMILES string of the molecule is O=C1NC[C@@H]1N(CCc1ccc(-c2ccccc2)cc1)C(=O)O. The van der Waals surface area contributed by atoms with Crippen molar-refractivity contribution in [3.05, 3.63) is 60.2 Å². The van der Waals surface area contributed by atoms with Gasteiger partial charge in [-0.15, -0.1) is 0 Å². The van der Waals surface area contributed by atoms with Crippen LogP contribution in [-0.4, -0.2) is 41.1 Å². The van der Waals surface area contributed by atoms with E-state index in [0.29, 0.717) is 19.5 Å². The molecule has 0 saturated carbocycles. The van der Waals surface area contributed by atoms with Crippen LogP contribution in [0.15, 0.2) is 54.6 Å². The zero-order valence-corrected chi connectivity index (χ0v) is 12.6. The summed E-state index contributed by atoms with van der Waals surface area (Å²) in [6.07, 6.45) is -0.462. The molecule has 0 spiro atoms. The molecule has 1 atom stereocenters. The van der Waals surface area contributed by atoms with E-state index in [1.54, 1.807) is 0 Å². The third kappa shape index (κ3) is 3.34. The average molecular weight is 310 g/mol. The van der Waals surface area contributed by atoms with Crippen LogP contribution in [0.1, 0.15) is 5.56 Å². The molecular formula is C18H18N2O3. The number of nitrogens with one attached hydrogen (secondary N) is 1. The molecule has 0 unspecified atom stereocenters. The molecular weight excluding hydrogens is 292 g/mol. The average Bonchev–Trinajstić information content (AvgIpc) is 2.58. The molecule has 2 aromatic carbocycles. The number of benzene rings is 2. The summed E-state index contributed by atoms with van der Waals surface area (Å²) in [6, 6.07) is 17.6. The van der Waals surface area contributed by atoms with Crippen molar-refractivity contribution in [1.29, 1.82) is 0 Å². The molecule has 118 valence electrons. The van der Waals surface area contributed by atoms with Gasteiger partial charge in [0.2, 0.25) is 5.91 Å². The fourth-order valence-electron chi connectivity index (χ4n) is 2.66. The fraction of sp³-hybridized carbons (Fsp3) is 0.222. The van der Waals surface area contributed by atoms with Crippen molar-refractivity contribution in [3.63, 3.8) is 0 Å². The van der Waals surface area contributed by atoms with E-state index in [0.717, 1.165) is 16.7 Å². The molecule has 0 aliphatic carbocycles. The monoisotopic (exact) mass is 310 g/mol. The number of hydrogen-bond acceptors (Lipinski definition) is 2. The predicted molar refractivity (Wildman–Crippen MR) is 87.1 cm³/mol. The molecule has 5 nitrogen and oxygen atoms in total. The Morgan fingerprint density at radius 2 is 1.74 bits per heavy atom. The Hall–Kier alpha value is -2.82. The minimum Gasteiger partial charge on any atom is -0.465 e. The van der Waals surface area contributed by atoms with Crippen molar-refractivity contribution in [1.82, 2.24) is 10.2 Å². The molecule has 0 bridgehead atoms. The summed E-state index contributed by atoms with van der Waals surface area (Å²) in [5, 5.41) is 11.8. The quantitative estimate of drug-likeness (QED) is 0.833. The van der Waals surface area contributed by atoms with E-state index < -0.39 is 12.1 Å². The second-order valence-corrected chi connectivity index (χ2v) is 5.55. The van der Waals surface area contributed by atoms with Gasteiger partial charge < -0.3 is 10.4 Å². The van der Waals surface area contributed by atoms with Gasteiger partial charge in [0.05, 0.1) is 0 Å². The second-order valence-electron chi connectivity index (χ2n) is 5.55. The Labute approximate surface area is 134 Å². The van der Waals surface area contributed by atoms with Crippen LogP contribution in [0.3, 0.4) is 0 Å². The highest BCUT2D eigenvalue weighted by molar-refractivity contribution is 5.90. The standard InChI is InChI=1S/C18H18N2O3/c21-17-16(12-19-17)20(18(22)23)11-10-13-6-8-15(9-7-13)14-4-2-1-3-5-14/h1-9,16H,10-12H2,(H,19,21)(H,22,23)/t16-/m0/s1. The summed E-state index contributed by atoms with van der Waals surface area (Å²) in [6.45, 7) is 0.718. The molecule has 1 heterocycles. The molecule has 1 fully saturated rings. The van der Waals surface area contributed by atoms with Crippen LogP contribution in [0.4, 0.5) is 4.79 Å². The Kier molecular flexibility index (Phi) is 4.28. The molecule has 5 heteroatoms. The van der Waals surface area contributed by atoms with Gasteiger partial charge in [-0.25, -0.2) is 4.79 Å². The van der Waals surface area contributed by atoms with E-state index in [1.165, 1.54) is 4.90 Å². The van der Waals surface area contributed by atoms with Crippen LogP contribution in [-0.2, 0) is 11.2 Å².